The summed E-state index contributed by atoms with van der Waals surface area (Å²) >= 11 is 0. The van der Waals surface area contributed by atoms with Gasteiger partial charge in [-0.3, -0.25) is 4.90 Å². The first-order chi connectivity index (χ1) is 9.19. The average molecular weight is 263 g/mol. The van der Waals surface area contributed by atoms with Crippen molar-refractivity contribution in [1.29, 1.82) is 5.26 Å². The van der Waals surface area contributed by atoms with Crippen molar-refractivity contribution in [2.75, 3.05) is 39.6 Å². The lowest BCUT2D eigenvalue weighted by molar-refractivity contribution is 0.145. The minimum Gasteiger partial charge on any atom is -0.497 e. The maximum Gasteiger partial charge on any atom is 0.121 e. The maximum absolute atomic E-state index is 8.69. The Hall–Kier alpha value is -1.77. The number of nitrogens with zero attached hydrogens (tertiary/aromatic N) is 2. The Morgan fingerprint density at radius 3 is 2.68 bits per heavy atom. The van der Waals surface area contributed by atoms with E-state index >= 15 is 0 Å². The van der Waals surface area contributed by atoms with Gasteiger partial charge >= 0.3 is 0 Å². The van der Waals surface area contributed by atoms with Gasteiger partial charge in [-0.25, -0.2) is 0 Å². The van der Waals surface area contributed by atoms with Gasteiger partial charge < -0.3 is 15.2 Å². The van der Waals surface area contributed by atoms with E-state index in [1.807, 2.05) is 12.1 Å². The van der Waals surface area contributed by atoms with Crippen LogP contribution in [-0.4, -0.2) is 38.8 Å². The molecule has 0 bridgehead atoms. The SMILES string of the molecule is COCCN(CCC#N)Cc1cc(N)cc(OC)c1. The Kier molecular flexibility index (Phi) is 6.72. The Morgan fingerprint density at radius 1 is 1.26 bits per heavy atom. The second kappa shape index (κ2) is 8.35. The second-order valence-corrected chi connectivity index (χ2v) is 4.29. The summed E-state index contributed by atoms with van der Waals surface area (Å²) in [5, 5.41) is 8.69. The monoisotopic (exact) mass is 263 g/mol. The van der Waals surface area contributed by atoms with Gasteiger partial charge in [0.15, 0.2) is 0 Å². The lowest BCUT2D eigenvalue weighted by Gasteiger charge is -2.21. The number of benzene rings is 1. The molecule has 0 fully saturated rings. The third-order valence-corrected chi connectivity index (χ3v) is 2.78. The minimum atomic E-state index is 0.503. The normalized spacial score (nSPS) is 10.4. The number of hydrogen-bond acceptors (Lipinski definition) is 5. The Morgan fingerprint density at radius 2 is 2.05 bits per heavy atom. The van der Waals surface area contributed by atoms with Crippen molar-refractivity contribution in [1.82, 2.24) is 4.90 Å². The molecule has 0 aromatic heterocycles. The summed E-state index contributed by atoms with van der Waals surface area (Å²) in [6.07, 6.45) is 0.503. The van der Waals surface area contributed by atoms with Crippen molar-refractivity contribution in [2.45, 2.75) is 13.0 Å². The quantitative estimate of drug-likeness (QED) is 0.722. The van der Waals surface area contributed by atoms with Crippen LogP contribution in [-0.2, 0) is 11.3 Å². The van der Waals surface area contributed by atoms with Gasteiger partial charge in [-0.2, -0.15) is 5.26 Å². The number of rotatable bonds is 8. The molecule has 1 rings (SSSR count). The van der Waals surface area contributed by atoms with Gasteiger partial charge in [0, 0.05) is 44.9 Å². The fourth-order valence-electron chi connectivity index (χ4n) is 1.85. The fourth-order valence-corrected chi connectivity index (χ4v) is 1.85. The fraction of sp³-hybridized carbons (Fsp3) is 0.500. The highest BCUT2D eigenvalue weighted by Crippen LogP contribution is 2.19. The predicted octanol–water partition coefficient (Wildman–Crippen LogP) is 1.64. The first-order valence-corrected chi connectivity index (χ1v) is 6.21. The Balaban J connectivity index is 2.71. The van der Waals surface area contributed by atoms with Crippen LogP contribution in [0.1, 0.15) is 12.0 Å². The molecular formula is C14H21N3O2. The first-order valence-electron chi connectivity index (χ1n) is 6.21. The molecule has 2 N–H and O–H groups in total. The molecule has 0 spiro atoms. The van der Waals surface area contributed by atoms with Gasteiger partial charge in [-0.15, -0.1) is 0 Å². The summed E-state index contributed by atoms with van der Waals surface area (Å²) in [6, 6.07) is 7.84. The van der Waals surface area contributed by atoms with Crippen LogP contribution in [0.2, 0.25) is 0 Å². The molecule has 0 heterocycles. The molecule has 0 atom stereocenters. The van der Waals surface area contributed by atoms with E-state index in [1.165, 1.54) is 0 Å². The molecule has 0 unspecified atom stereocenters. The molecule has 0 saturated carbocycles. The van der Waals surface area contributed by atoms with Crippen LogP contribution in [0.4, 0.5) is 5.69 Å². The molecule has 104 valence electrons. The van der Waals surface area contributed by atoms with Gasteiger partial charge in [0.05, 0.1) is 19.8 Å². The molecule has 0 radical (unpaired) electrons. The molecule has 1 aromatic rings. The number of nitriles is 1. The molecule has 0 aliphatic rings. The Bertz CT molecular complexity index is 429. The van der Waals surface area contributed by atoms with E-state index in [1.54, 1.807) is 20.3 Å². The summed E-state index contributed by atoms with van der Waals surface area (Å²) in [5.74, 6) is 0.752. The molecule has 0 aliphatic carbocycles. The molecule has 0 saturated heterocycles. The zero-order valence-electron chi connectivity index (χ0n) is 11.6. The topological polar surface area (TPSA) is 71.5 Å². The number of nitrogens with two attached hydrogens (primary N) is 1. The zero-order chi connectivity index (χ0) is 14.1. The predicted molar refractivity (Wildman–Crippen MR) is 74.8 cm³/mol. The minimum absolute atomic E-state index is 0.503. The van der Waals surface area contributed by atoms with Crippen LogP contribution in [0.25, 0.3) is 0 Å². The number of anilines is 1. The van der Waals surface area contributed by atoms with Crippen molar-refractivity contribution < 1.29 is 9.47 Å². The van der Waals surface area contributed by atoms with Crippen LogP contribution < -0.4 is 10.5 Å². The summed E-state index contributed by atoms with van der Waals surface area (Å²) < 4.78 is 10.3. The lowest BCUT2D eigenvalue weighted by atomic mass is 10.1. The second-order valence-electron chi connectivity index (χ2n) is 4.29. The highest BCUT2D eigenvalue weighted by atomic mass is 16.5. The average Bonchev–Trinajstić information content (AvgIpc) is 2.41. The molecule has 5 nitrogen and oxygen atoms in total. The number of nitrogen functional groups attached to an aromatic ring is 1. The third-order valence-electron chi connectivity index (χ3n) is 2.78. The van der Waals surface area contributed by atoms with Crippen molar-refractivity contribution in [2.24, 2.45) is 0 Å². The molecule has 0 aliphatic heterocycles. The van der Waals surface area contributed by atoms with E-state index in [0.717, 1.165) is 30.9 Å². The van der Waals surface area contributed by atoms with E-state index in [9.17, 15) is 0 Å². The highest BCUT2D eigenvalue weighted by Gasteiger charge is 2.07. The van der Waals surface area contributed by atoms with Crippen LogP contribution >= 0.6 is 0 Å². The van der Waals surface area contributed by atoms with Gasteiger partial charge in [-0.1, -0.05) is 0 Å². The van der Waals surface area contributed by atoms with Gasteiger partial charge in [0.25, 0.3) is 0 Å². The highest BCUT2D eigenvalue weighted by molar-refractivity contribution is 5.47. The molecule has 5 heteroatoms. The van der Waals surface area contributed by atoms with E-state index in [0.29, 0.717) is 18.7 Å². The van der Waals surface area contributed by atoms with E-state index < -0.39 is 0 Å². The third kappa shape index (κ3) is 5.60. The van der Waals surface area contributed by atoms with Gasteiger partial charge in [-0.05, 0) is 17.7 Å². The van der Waals surface area contributed by atoms with Gasteiger partial charge in [0.2, 0.25) is 0 Å². The standard InChI is InChI=1S/C14H21N3O2/c1-18-7-6-17(5-3-4-15)11-12-8-13(16)10-14(9-12)19-2/h8-10H,3,5-7,11,16H2,1-2H3. The van der Waals surface area contributed by atoms with Crippen LogP contribution in [0.3, 0.4) is 0 Å². The summed E-state index contributed by atoms with van der Waals surface area (Å²) in [6.45, 7) is 2.88. The van der Waals surface area contributed by atoms with E-state index in [-0.39, 0.29) is 0 Å². The number of hydrogen-bond donors (Lipinski definition) is 1. The molecular weight excluding hydrogens is 242 g/mol. The van der Waals surface area contributed by atoms with Crippen LogP contribution in [0.5, 0.6) is 5.75 Å². The summed E-state index contributed by atoms with van der Waals surface area (Å²) in [7, 11) is 3.29. The van der Waals surface area contributed by atoms with E-state index in [4.69, 9.17) is 20.5 Å². The molecule has 19 heavy (non-hydrogen) atoms. The van der Waals surface area contributed by atoms with E-state index in [2.05, 4.69) is 11.0 Å². The van der Waals surface area contributed by atoms with Crippen LogP contribution in [0.15, 0.2) is 18.2 Å². The summed E-state index contributed by atoms with van der Waals surface area (Å²) in [5.41, 5.74) is 7.59. The van der Waals surface area contributed by atoms with Crippen molar-refractivity contribution in [3.63, 3.8) is 0 Å². The lowest BCUT2D eigenvalue weighted by Crippen LogP contribution is -2.28. The summed E-state index contributed by atoms with van der Waals surface area (Å²) in [4.78, 5) is 2.17. The smallest absolute Gasteiger partial charge is 0.121 e. The van der Waals surface area contributed by atoms with Crippen molar-refractivity contribution in [3.8, 4) is 11.8 Å². The maximum atomic E-state index is 8.69. The van der Waals surface area contributed by atoms with Gasteiger partial charge in [0.1, 0.15) is 5.75 Å². The first kappa shape index (κ1) is 15.3. The Labute approximate surface area is 114 Å². The molecule has 1 aromatic carbocycles. The van der Waals surface area contributed by atoms with Crippen molar-refractivity contribution in [3.05, 3.63) is 23.8 Å². The van der Waals surface area contributed by atoms with Crippen LogP contribution in [0, 0.1) is 11.3 Å². The number of methoxy groups -OCH3 is 2. The molecule has 0 amide bonds. The zero-order valence-corrected chi connectivity index (χ0v) is 11.6. The number of ether oxygens (including phenoxy) is 2. The largest absolute Gasteiger partial charge is 0.497 e. The van der Waals surface area contributed by atoms with Crippen molar-refractivity contribution >= 4 is 5.69 Å².